The number of hydrogen-bond acceptors (Lipinski definition) is 7. The van der Waals surface area contributed by atoms with Crippen molar-refractivity contribution >= 4 is 29.1 Å². The Kier molecular flexibility index (Phi) is 4.12. The Morgan fingerprint density at radius 1 is 1.26 bits per heavy atom. The monoisotopic (exact) mass is 385 g/mol. The van der Waals surface area contributed by atoms with Gasteiger partial charge in [0.15, 0.2) is 0 Å². The molecule has 140 valence electrons. The van der Waals surface area contributed by atoms with Gasteiger partial charge in [0, 0.05) is 18.0 Å². The van der Waals surface area contributed by atoms with Crippen LogP contribution < -0.4 is 5.32 Å². The third kappa shape index (κ3) is 2.51. The van der Waals surface area contributed by atoms with Gasteiger partial charge < -0.3 is 4.74 Å². The standard InChI is InChI=1S/C19H19N3O4S/c1-19(18(25)26-3)13-12(16(23)22(2)17(13)24)14(21-19)11-9-27-15(20-11)10-7-5-4-6-8-10/h4-9,12-14,21H,1-3H3/t12-,13-,14-,19-/m0/s1. The number of benzene rings is 1. The molecule has 4 rings (SSSR count). The van der Waals surface area contributed by atoms with Crippen LogP contribution in [0.15, 0.2) is 35.7 Å². The topological polar surface area (TPSA) is 88.6 Å². The summed E-state index contributed by atoms with van der Waals surface area (Å²) in [6, 6.07) is 9.19. The van der Waals surface area contributed by atoms with Crippen molar-refractivity contribution in [1.29, 1.82) is 0 Å². The summed E-state index contributed by atoms with van der Waals surface area (Å²) in [7, 11) is 2.73. The third-order valence-corrected chi connectivity index (χ3v) is 6.39. The molecule has 7 nitrogen and oxygen atoms in total. The van der Waals surface area contributed by atoms with E-state index in [9.17, 15) is 14.4 Å². The van der Waals surface area contributed by atoms with Gasteiger partial charge in [0.1, 0.15) is 10.5 Å². The second-order valence-electron chi connectivity index (χ2n) is 7.00. The number of thiazole rings is 1. The van der Waals surface area contributed by atoms with Gasteiger partial charge in [-0.25, -0.2) is 4.98 Å². The highest BCUT2D eigenvalue weighted by Gasteiger charge is 2.66. The van der Waals surface area contributed by atoms with Crippen LogP contribution >= 0.6 is 11.3 Å². The molecule has 0 radical (unpaired) electrons. The Hall–Kier alpha value is -2.58. The highest BCUT2D eigenvalue weighted by molar-refractivity contribution is 7.13. The number of methoxy groups -OCH3 is 1. The lowest BCUT2D eigenvalue weighted by Gasteiger charge is -2.27. The van der Waals surface area contributed by atoms with E-state index in [1.54, 1.807) is 6.92 Å². The minimum absolute atomic E-state index is 0.301. The molecule has 1 N–H and O–H groups in total. The molecule has 2 fully saturated rings. The van der Waals surface area contributed by atoms with E-state index in [4.69, 9.17) is 4.74 Å². The van der Waals surface area contributed by atoms with Gasteiger partial charge in [-0.15, -0.1) is 11.3 Å². The predicted octanol–water partition coefficient (Wildman–Crippen LogP) is 1.62. The number of ether oxygens (including phenoxy) is 1. The van der Waals surface area contributed by atoms with Crippen molar-refractivity contribution in [2.45, 2.75) is 18.5 Å². The second kappa shape index (κ2) is 6.24. The molecule has 8 heteroatoms. The molecule has 0 saturated carbocycles. The molecule has 2 saturated heterocycles. The van der Waals surface area contributed by atoms with Crippen LogP contribution in [-0.2, 0) is 19.1 Å². The molecule has 1 aromatic carbocycles. The molecule has 1 aromatic heterocycles. The number of carbonyl (C=O) groups excluding carboxylic acids is 3. The van der Waals surface area contributed by atoms with Gasteiger partial charge in [-0.2, -0.15) is 0 Å². The molecule has 0 bridgehead atoms. The average Bonchev–Trinajstić information content (AvgIpc) is 3.35. The van der Waals surface area contributed by atoms with Crippen LogP contribution in [0.3, 0.4) is 0 Å². The number of carbonyl (C=O) groups is 3. The van der Waals surface area contributed by atoms with E-state index in [0.29, 0.717) is 5.69 Å². The van der Waals surface area contributed by atoms with Crippen molar-refractivity contribution in [2.75, 3.05) is 14.2 Å². The first-order valence-corrected chi connectivity index (χ1v) is 9.45. The Balaban J connectivity index is 1.75. The normalized spacial score (nSPS) is 29.9. The van der Waals surface area contributed by atoms with E-state index in [-0.39, 0.29) is 11.8 Å². The number of rotatable bonds is 3. The largest absolute Gasteiger partial charge is 0.468 e. The highest BCUT2D eigenvalue weighted by Crippen LogP contribution is 2.48. The second-order valence-corrected chi connectivity index (χ2v) is 7.86. The molecule has 0 spiro atoms. The maximum Gasteiger partial charge on any atom is 0.326 e. The average molecular weight is 385 g/mol. The first-order valence-electron chi connectivity index (χ1n) is 8.57. The number of nitrogens with zero attached hydrogens (tertiary/aromatic N) is 2. The van der Waals surface area contributed by atoms with Gasteiger partial charge in [-0.05, 0) is 6.92 Å². The molecular weight excluding hydrogens is 366 g/mol. The summed E-state index contributed by atoms with van der Waals surface area (Å²) in [6.07, 6.45) is 0. The van der Waals surface area contributed by atoms with Crippen molar-refractivity contribution in [3.63, 3.8) is 0 Å². The molecule has 4 atom stereocenters. The summed E-state index contributed by atoms with van der Waals surface area (Å²) >= 11 is 1.46. The van der Waals surface area contributed by atoms with Gasteiger partial charge in [0.25, 0.3) is 0 Å². The Morgan fingerprint density at radius 2 is 1.96 bits per heavy atom. The van der Waals surface area contributed by atoms with Crippen LogP contribution in [0, 0.1) is 11.8 Å². The SMILES string of the molecule is COC(=O)[C@@]1(C)N[C@@H](c2csc(-c3ccccc3)n2)[C@H]2C(=O)N(C)C(=O)[C@H]21. The summed E-state index contributed by atoms with van der Waals surface area (Å²) < 4.78 is 4.92. The molecule has 2 aromatic rings. The first-order chi connectivity index (χ1) is 12.9. The number of likely N-dealkylation sites (tertiary alicyclic amines) is 1. The van der Waals surface area contributed by atoms with E-state index < -0.39 is 29.4 Å². The lowest BCUT2D eigenvalue weighted by Crippen LogP contribution is -2.53. The molecule has 2 amide bonds. The predicted molar refractivity (Wildman–Crippen MR) is 98.6 cm³/mol. The van der Waals surface area contributed by atoms with Crippen LogP contribution in [0.1, 0.15) is 18.7 Å². The van der Waals surface area contributed by atoms with Gasteiger partial charge >= 0.3 is 5.97 Å². The summed E-state index contributed by atoms with van der Waals surface area (Å²) in [5, 5.41) is 5.88. The maximum absolute atomic E-state index is 12.7. The number of hydrogen-bond donors (Lipinski definition) is 1. The fourth-order valence-corrected chi connectivity index (χ4v) is 4.94. The Bertz CT molecular complexity index is 928. The van der Waals surface area contributed by atoms with E-state index in [1.807, 2.05) is 35.7 Å². The smallest absolute Gasteiger partial charge is 0.326 e. The minimum atomic E-state index is -1.28. The zero-order valence-electron chi connectivity index (χ0n) is 15.1. The van der Waals surface area contributed by atoms with Gasteiger partial charge in [0.2, 0.25) is 11.8 Å². The molecule has 0 aliphatic carbocycles. The van der Waals surface area contributed by atoms with Crippen molar-refractivity contribution in [3.05, 3.63) is 41.4 Å². The van der Waals surface area contributed by atoms with Gasteiger partial charge in [-0.1, -0.05) is 30.3 Å². The molecule has 27 heavy (non-hydrogen) atoms. The van der Waals surface area contributed by atoms with Crippen molar-refractivity contribution in [3.8, 4) is 10.6 Å². The summed E-state index contributed by atoms with van der Waals surface area (Å²) in [5.74, 6) is -2.72. The van der Waals surface area contributed by atoms with Crippen LogP contribution in [0.5, 0.6) is 0 Å². The molecule has 0 unspecified atom stereocenters. The first kappa shape index (κ1) is 17.8. The van der Waals surface area contributed by atoms with Crippen LogP contribution in [0.25, 0.3) is 10.6 Å². The Labute approximate surface area is 160 Å². The van der Waals surface area contributed by atoms with Gasteiger partial charge in [-0.3, -0.25) is 24.6 Å². The minimum Gasteiger partial charge on any atom is -0.468 e. The Morgan fingerprint density at radius 3 is 2.63 bits per heavy atom. The quantitative estimate of drug-likeness (QED) is 0.638. The number of imide groups is 1. The van der Waals surface area contributed by atoms with E-state index >= 15 is 0 Å². The lowest BCUT2D eigenvalue weighted by molar-refractivity contribution is -0.152. The zero-order valence-corrected chi connectivity index (χ0v) is 15.9. The number of aromatic nitrogens is 1. The summed E-state index contributed by atoms with van der Waals surface area (Å²) in [6.45, 7) is 1.62. The van der Waals surface area contributed by atoms with Crippen LogP contribution in [0.4, 0.5) is 0 Å². The fourth-order valence-electron chi connectivity index (χ4n) is 4.08. The van der Waals surface area contributed by atoms with Crippen LogP contribution in [0.2, 0.25) is 0 Å². The summed E-state index contributed by atoms with van der Waals surface area (Å²) in [4.78, 5) is 43.7. The summed E-state index contributed by atoms with van der Waals surface area (Å²) in [5.41, 5.74) is 0.348. The fraction of sp³-hybridized carbons (Fsp3) is 0.368. The number of esters is 1. The third-order valence-electron chi connectivity index (χ3n) is 5.48. The van der Waals surface area contributed by atoms with Crippen molar-refractivity contribution in [2.24, 2.45) is 11.8 Å². The molecular formula is C19H19N3O4S. The number of fused-ring (bicyclic) bond motifs is 1. The number of nitrogens with one attached hydrogen (secondary N) is 1. The highest BCUT2D eigenvalue weighted by atomic mass is 32.1. The van der Waals surface area contributed by atoms with Gasteiger partial charge in [0.05, 0.1) is 30.7 Å². The van der Waals surface area contributed by atoms with Crippen LogP contribution in [-0.4, -0.2) is 47.4 Å². The molecule has 2 aliphatic heterocycles. The molecule has 3 heterocycles. The van der Waals surface area contributed by atoms with E-state index in [2.05, 4.69) is 10.3 Å². The lowest BCUT2D eigenvalue weighted by atomic mass is 9.81. The zero-order chi connectivity index (χ0) is 19.3. The van der Waals surface area contributed by atoms with E-state index in [0.717, 1.165) is 15.5 Å². The van der Waals surface area contributed by atoms with E-state index in [1.165, 1.54) is 25.5 Å². The maximum atomic E-state index is 12.7. The number of amides is 2. The molecule has 2 aliphatic rings. The van der Waals surface area contributed by atoms with Crippen molar-refractivity contribution in [1.82, 2.24) is 15.2 Å². The van der Waals surface area contributed by atoms with Crippen molar-refractivity contribution < 1.29 is 19.1 Å².